The van der Waals surface area contributed by atoms with Crippen LogP contribution in [-0.4, -0.2) is 19.5 Å². The average molecular weight is 181 g/mol. The Morgan fingerprint density at radius 2 is 1.55 bits per heavy atom. The molecule has 0 fully saturated rings. The molecule has 0 atom stereocenters. The smallest absolute Gasteiger partial charge is 0.304 e. The van der Waals surface area contributed by atoms with Crippen molar-refractivity contribution in [3.63, 3.8) is 0 Å². The number of carbonyl (C=O) groups is 1. The number of carbonyl (C=O) groups excluding carboxylic acids is 1. The van der Waals surface area contributed by atoms with Gasteiger partial charge in [-0.3, -0.25) is 0 Å². The molecule has 0 unspecified atom stereocenters. The van der Waals surface area contributed by atoms with Gasteiger partial charge < -0.3 is 4.79 Å². The fourth-order valence-electron chi connectivity index (χ4n) is 0.248. The minimum absolute atomic E-state index is 0.440. The fraction of sp³-hybridized carbons (Fsp3) is 0.833. The van der Waals surface area contributed by atoms with Crippen LogP contribution in [0.2, 0.25) is 0 Å². The maximum Gasteiger partial charge on any atom is 0.697 e. The molecule has 0 aliphatic heterocycles. The van der Waals surface area contributed by atoms with Crippen LogP contribution in [0.15, 0.2) is 0 Å². The maximum absolute atomic E-state index is 10.3. The van der Waals surface area contributed by atoms with E-state index in [0.717, 1.165) is 6.29 Å². The van der Waals surface area contributed by atoms with Gasteiger partial charge in [-0.15, -0.1) is 9.05 Å². The summed E-state index contributed by atoms with van der Waals surface area (Å²) in [6.45, 7) is 5.86. The van der Waals surface area contributed by atoms with Crippen LogP contribution >= 0.6 is 8.25 Å². The molecule has 0 aliphatic carbocycles. The number of rotatable bonds is 4. The van der Waals surface area contributed by atoms with E-state index in [1.807, 2.05) is 0 Å². The van der Waals surface area contributed by atoms with Crippen molar-refractivity contribution in [2.45, 2.75) is 20.8 Å². The van der Waals surface area contributed by atoms with Gasteiger partial charge in [-0.1, -0.05) is 0 Å². The maximum atomic E-state index is 10.3. The molecule has 0 heterocycles. The second-order valence-corrected chi connectivity index (χ2v) is 2.26. The van der Waals surface area contributed by atoms with Gasteiger partial charge >= 0.3 is 8.25 Å². The molecule has 0 aromatic heterocycles. The molecular formula is C6H14O4P+. The summed E-state index contributed by atoms with van der Waals surface area (Å²) in [5.41, 5.74) is 0. The van der Waals surface area contributed by atoms with Gasteiger partial charge in [-0.25, -0.2) is 0 Å². The molecule has 0 rings (SSSR count). The summed E-state index contributed by atoms with van der Waals surface area (Å²) >= 11 is 0. The Morgan fingerprint density at radius 1 is 1.27 bits per heavy atom. The molecule has 0 saturated heterocycles. The lowest BCUT2D eigenvalue weighted by molar-refractivity contribution is -0.106. The van der Waals surface area contributed by atoms with Crippen molar-refractivity contribution < 1.29 is 18.4 Å². The van der Waals surface area contributed by atoms with Crippen molar-refractivity contribution in [1.82, 2.24) is 0 Å². The Kier molecular flexibility index (Phi) is 15.0. The van der Waals surface area contributed by atoms with E-state index >= 15 is 0 Å². The molecular weight excluding hydrogens is 167 g/mol. The van der Waals surface area contributed by atoms with E-state index in [0.29, 0.717) is 13.2 Å². The zero-order valence-corrected chi connectivity index (χ0v) is 7.97. The van der Waals surface area contributed by atoms with Crippen LogP contribution in [0.3, 0.4) is 0 Å². The lowest BCUT2D eigenvalue weighted by Crippen LogP contribution is -1.81. The van der Waals surface area contributed by atoms with Gasteiger partial charge in [0.2, 0.25) is 0 Å². The Bertz CT molecular complexity index is 96.8. The summed E-state index contributed by atoms with van der Waals surface area (Å²) in [5, 5.41) is 0. The number of hydrogen-bond donors (Lipinski definition) is 0. The van der Waals surface area contributed by atoms with E-state index in [2.05, 4.69) is 9.05 Å². The van der Waals surface area contributed by atoms with Gasteiger partial charge in [-0.05, 0) is 20.8 Å². The molecule has 66 valence electrons. The molecule has 0 aromatic rings. The van der Waals surface area contributed by atoms with Crippen molar-refractivity contribution >= 4 is 14.5 Å². The lowest BCUT2D eigenvalue weighted by Gasteiger charge is -1.78. The van der Waals surface area contributed by atoms with Gasteiger partial charge in [0.25, 0.3) is 0 Å². The van der Waals surface area contributed by atoms with Crippen LogP contribution in [0.4, 0.5) is 0 Å². The van der Waals surface area contributed by atoms with Crippen LogP contribution in [0.1, 0.15) is 20.8 Å². The summed E-state index contributed by atoms with van der Waals surface area (Å²) < 4.78 is 19.5. The van der Waals surface area contributed by atoms with E-state index in [4.69, 9.17) is 4.79 Å². The molecule has 0 N–H and O–H groups in total. The lowest BCUT2D eigenvalue weighted by atomic mass is 10.9. The number of hydrogen-bond acceptors (Lipinski definition) is 4. The summed E-state index contributed by atoms with van der Waals surface area (Å²) in [4.78, 5) is 8.81. The largest absolute Gasteiger partial charge is 0.697 e. The second kappa shape index (κ2) is 12.4. The third-order valence-electron chi connectivity index (χ3n) is 0.469. The summed E-state index contributed by atoms with van der Waals surface area (Å²) in [6.07, 6.45) is 0.750. The van der Waals surface area contributed by atoms with Crippen molar-refractivity contribution in [3.8, 4) is 0 Å². The van der Waals surface area contributed by atoms with E-state index in [-0.39, 0.29) is 0 Å². The van der Waals surface area contributed by atoms with Crippen molar-refractivity contribution in [3.05, 3.63) is 0 Å². The highest BCUT2D eigenvalue weighted by atomic mass is 31.1. The Labute approximate surface area is 67.8 Å². The Morgan fingerprint density at radius 3 is 1.73 bits per heavy atom. The van der Waals surface area contributed by atoms with Crippen molar-refractivity contribution in [1.29, 1.82) is 0 Å². The quantitative estimate of drug-likeness (QED) is 0.491. The molecule has 0 amide bonds. The number of aldehydes is 1. The minimum Gasteiger partial charge on any atom is -0.304 e. The van der Waals surface area contributed by atoms with E-state index in [1.54, 1.807) is 13.8 Å². The predicted octanol–water partition coefficient (Wildman–Crippen LogP) is 1.92. The monoisotopic (exact) mass is 181 g/mol. The minimum atomic E-state index is -1.83. The summed E-state index contributed by atoms with van der Waals surface area (Å²) in [6, 6.07) is 0. The van der Waals surface area contributed by atoms with Crippen LogP contribution in [0, 0.1) is 0 Å². The molecule has 0 aromatic carbocycles. The predicted molar refractivity (Wildman–Crippen MR) is 42.6 cm³/mol. The Balaban J connectivity index is 0. The molecule has 0 radical (unpaired) electrons. The SMILES string of the molecule is CC=O.CCO[P+](=O)OCC. The van der Waals surface area contributed by atoms with Crippen LogP contribution < -0.4 is 0 Å². The molecule has 5 heteroatoms. The molecule has 0 saturated carbocycles. The normalized spacial score (nSPS) is 7.91. The zero-order valence-electron chi connectivity index (χ0n) is 7.07. The molecule has 0 bridgehead atoms. The molecule has 0 spiro atoms. The van der Waals surface area contributed by atoms with Crippen LogP contribution in [0.25, 0.3) is 0 Å². The average Bonchev–Trinajstić information content (AvgIpc) is 1.90. The molecule has 0 aliphatic rings. The first-order chi connectivity index (χ1) is 5.22. The van der Waals surface area contributed by atoms with E-state index in [9.17, 15) is 4.57 Å². The van der Waals surface area contributed by atoms with Gasteiger partial charge in [-0.2, -0.15) is 0 Å². The van der Waals surface area contributed by atoms with Gasteiger partial charge in [0.05, 0.1) is 0 Å². The van der Waals surface area contributed by atoms with Crippen LogP contribution in [0.5, 0.6) is 0 Å². The van der Waals surface area contributed by atoms with Gasteiger partial charge in [0, 0.05) is 4.57 Å². The van der Waals surface area contributed by atoms with Gasteiger partial charge in [0.1, 0.15) is 19.5 Å². The second-order valence-electron chi connectivity index (χ2n) is 1.29. The molecule has 11 heavy (non-hydrogen) atoms. The summed E-state index contributed by atoms with van der Waals surface area (Å²) in [7, 11) is -1.83. The third kappa shape index (κ3) is 17.7. The molecule has 4 nitrogen and oxygen atoms in total. The van der Waals surface area contributed by atoms with Crippen molar-refractivity contribution in [2.24, 2.45) is 0 Å². The standard InChI is InChI=1S/C4H10O3P.C2H4O/c1-3-6-8(5)7-4-2;1-2-3/h3-4H2,1-2H3;2H,1H3/q+1;. The summed E-state index contributed by atoms with van der Waals surface area (Å²) in [5.74, 6) is 0. The van der Waals surface area contributed by atoms with E-state index < -0.39 is 8.25 Å². The topological polar surface area (TPSA) is 52.6 Å². The fourth-order valence-corrected chi connectivity index (χ4v) is 0.744. The van der Waals surface area contributed by atoms with Gasteiger partial charge in [0.15, 0.2) is 0 Å². The zero-order chi connectivity index (χ0) is 9.11. The Hall–Kier alpha value is -0.310. The van der Waals surface area contributed by atoms with Crippen LogP contribution in [-0.2, 0) is 18.4 Å². The first-order valence-electron chi connectivity index (χ1n) is 3.35. The highest BCUT2D eigenvalue weighted by molar-refractivity contribution is 7.33. The highest BCUT2D eigenvalue weighted by Crippen LogP contribution is 2.21. The third-order valence-corrected chi connectivity index (χ3v) is 1.41. The van der Waals surface area contributed by atoms with Crippen molar-refractivity contribution in [2.75, 3.05) is 13.2 Å². The highest BCUT2D eigenvalue weighted by Gasteiger charge is 2.15. The first-order valence-corrected chi connectivity index (χ1v) is 4.45. The first kappa shape index (κ1) is 13.3. The van der Waals surface area contributed by atoms with E-state index in [1.165, 1.54) is 6.92 Å².